The van der Waals surface area contributed by atoms with Crippen molar-refractivity contribution in [3.05, 3.63) is 93.5 Å². The van der Waals surface area contributed by atoms with Crippen molar-refractivity contribution in [2.45, 2.75) is 110 Å². The number of amides is 4. The van der Waals surface area contributed by atoms with E-state index in [1.54, 1.807) is 17.7 Å². The van der Waals surface area contributed by atoms with Gasteiger partial charge in [-0.15, -0.1) is 11.3 Å². The molecule has 4 amide bonds. The fourth-order valence-electron chi connectivity index (χ4n) is 9.34. The van der Waals surface area contributed by atoms with Crippen LogP contribution in [0.2, 0.25) is 5.02 Å². The van der Waals surface area contributed by atoms with E-state index >= 15 is 0 Å². The number of carbonyl (C=O) groups excluding carboxylic acids is 4. The second-order valence-corrected chi connectivity index (χ2v) is 20.5. The highest BCUT2D eigenvalue weighted by Gasteiger charge is 2.45. The standard InChI is InChI=1S/C50H66ClN9O6S/c1-31-8-17-40-43(31)46(54-29-53-40)58-20-22-59(23-21-58)48(64)39(35-13-15-37(51)16-14-35)27-52-19-7-24-66-25-18-42(62)57-45(50(4,5)6)49(65)60-28-38(61)26-41(60)47(63)56-32(2)34-9-11-36(12-10-34)44-33(3)55-30-67-44/h9-16,29-32,38-39,41,45,52,61H,7-8,17-28H2,1-6H3,(H,56,63)(H,57,62)/t31?,32-,38+,39?,41-,45?/m0/s1. The lowest BCUT2D eigenvalue weighted by atomic mass is 9.85. The third kappa shape index (κ3) is 12.4. The Hall–Kier alpha value is -5.00. The van der Waals surface area contributed by atoms with Crippen LogP contribution in [-0.4, -0.2) is 131 Å². The van der Waals surface area contributed by atoms with Crippen LogP contribution in [0.5, 0.6) is 0 Å². The summed E-state index contributed by atoms with van der Waals surface area (Å²) in [5, 5.41) is 20.7. The summed E-state index contributed by atoms with van der Waals surface area (Å²) < 4.78 is 5.84. The third-order valence-corrected chi connectivity index (χ3v) is 14.5. The van der Waals surface area contributed by atoms with E-state index in [-0.39, 0.29) is 49.8 Å². The van der Waals surface area contributed by atoms with Crippen LogP contribution in [-0.2, 0) is 30.3 Å². The molecule has 0 radical (unpaired) electrons. The summed E-state index contributed by atoms with van der Waals surface area (Å²) in [4.78, 5) is 75.4. The number of aliphatic hydroxyl groups is 1. The molecule has 0 spiro atoms. The number of nitrogens with zero attached hydrogens (tertiary/aromatic N) is 6. The van der Waals surface area contributed by atoms with Crippen molar-refractivity contribution in [3.8, 4) is 10.4 Å². The zero-order chi connectivity index (χ0) is 47.8. The Bertz CT molecular complexity index is 2330. The number of thiazole rings is 1. The SMILES string of the molecule is Cc1ncsc1-c1ccc([C@H](C)NC(=O)[C@@H]2C[C@@H](O)CN2C(=O)C(NC(=O)CCOCCCNCC(C(=O)N2CCN(c3ncnc4c3C(C)CC4)CC2)c2ccc(Cl)cc2)C(C)(C)C)cc1. The fraction of sp³-hybridized carbons (Fsp3) is 0.540. The molecule has 1 aliphatic carbocycles. The van der Waals surface area contributed by atoms with Crippen LogP contribution >= 0.6 is 22.9 Å². The number of aromatic nitrogens is 3. The maximum Gasteiger partial charge on any atom is 0.246 e. The average Bonchev–Trinajstić information content (AvgIpc) is 4.05. The number of carbonyl (C=O) groups is 4. The molecule has 4 heterocycles. The van der Waals surface area contributed by atoms with Crippen molar-refractivity contribution in [2.24, 2.45) is 5.41 Å². The Morgan fingerprint density at radius 2 is 1.66 bits per heavy atom. The summed E-state index contributed by atoms with van der Waals surface area (Å²) in [6.07, 6.45) is 3.66. The first kappa shape index (κ1) is 49.9. The normalized spacial score (nSPS) is 19.8. The summed E-state index contributed by atoms with van der Waals surface area (Å²) in [5.41, 5.74) is 7.35. The van der Waals surface area contributed by atoms with Gasteiger partial charge in [0, 0.05) is 75.0 Å². The number of hydrogen-bond acceptors (Lipinski definition) is 12. The predicted octanol–water partition coefficient (Wildman–Crippen LogP) is 5.80. The van der Waals surface area contributed by atoms with Crippen molar-refractivity contribution in [1.29, 1.82) is 0 Å². The van der Waals surface area contributed by atoms with E-state index in [0.29, 0.717) is 63.2 Å². The number of ether oxygens (including phenoxy) is 1. The molecule has 3 unspecified atom stereocenters. The third-order valence-electron chi connectivity index (χ3n) is 13.2. The van der Waals surface area contributed by atoms with Gasteiger partial charge >= 0.3 is 0 Å². The second-order valence-electron chi connectivity index (χ2n) is 19.2. The van der Waals surface area contributed by atoms with Crippen LogP contribution in [0.4, 0.5) is 5.82 Å². The molecule has 67 heavy (non-hydrogen) atoms. The van der Waals surface area contributed by atoms with Gasteiger partial charge in [-0.2, -0.15) is 0 Å². The summed E-state index contributed by atoms with van der Waals surface area (Å²) in [6, 6.07) is 13.2. The molecular weight excluding hydrogens is 890 g/mol. The molecule has 4 aromatic rings. The van der Waals surface area contributed by atoms with Crippen LogP contribution in [0, 0.1) is 12.3 Å². The molecule has 0 bridgehead atoms. The fourth-order valence-corrected chi connectivity index (χ4v) is 10.3. The number of piperazine rings is 1. The van der Waals surface area contributed by atoms with Crippen molar-refractivity contribution >= 4 is 52.4 Å². The van der Waals surface area contributed by atoms with Crippen LogP contribution in [0.15, 0.2) is 60.4 Å². The first-order valence-corrected chi connectivity index (χ1v) is 24.8. The number of nitrogens with one attached hydrogen (secondary N) is 3. The molecule has 2 aromatic heterocycles. The molecule has 360 valence electrons. The Kier molecular flexibility index (Phi) is 16.7. The number of halogens is 1. The highest BCUT2D eigenvalue weighted by atomic mass is 35.5. The van der Waals surface area contributed by atoms with Gasteiger partial charge in [-0.3, -0.25) is 19.2 Å². The largest absolute Gasteiger partial charge is 0.391 e. The van der Waals surface area contributed by atoms with Gasteiger partial charge in [0.2, 0.25) is 23.6 Å². The second kappa shape index (κ2) is 22.4. The number of fused-ring (bicyclic) bond motifs is 1. The molecule has 6 atom stereocenters. The minimum atomic E-state index is -0.937. The van der Waals surface area contributed by atoms with Gasteiger partial charge in [-0.05, 0) is 79.8 Å². The minimum absolute atomic E-state index is 0.00884. The molecule has 15 nitrogen and oxygen atoms in total. The Morgan fingerprint density at radius 1 is 0.940 bits per heavy atom. The van der Waals surface area contributed by atoms with E-state index in [2.05, 4.69) is 42.7 Å². The number of likely N-dealkylation sites (tertiary alicyclic amines) is 1. The van der Waals surface area contributed by atoms with Gasteiger partial charge in [0.25, 0.3) is 0 Å². The van der Waals surface area contributed by atoms with Gasteiger partial charge in [0.1, 0.15) is 24.2 Å². The first-order valence-electron chi connectivity index (χ1n) is 23.6. The number of benzene rings is 2. The molecule has 17 heteroatoms. The zero-order valence-corrected chi connectivity index (χ0v) is 41.2. The highest BCUT2D eigenvalue weighted by molar-refractivity contribution is 7.13. The molecule has 2 saturated heterocycles. The Labute approximate surface area is 403 Å². The first-order chi connectivity index (χ1) is 32.1. The van der Waals surface area contributed by atoms with Gasteiger partial charge in [0.05, 0.1) is 40.8 Å². The smallest absolute Gasteiger partial charge is 0.246 e. The molecule has 0 saturated carbocycles. The molecule has 2 fully saturated rings. The topological polar surface area (TPSA) is 182 Å². The maximum atomic E-state index is 14.1. The number of hydrogen-bond donors (Lipinski definition) is 4. The number of aliphatic hydroxyl groups excluding tert-OH is 1. The number of rotatable bonds is 18. The van der Waals surface area contributed by atoms with Crippen molar-refractivity contribution in [2.75, 3.05) is 63.9 Å². The van der Waals surface area contributed by atoms with Crippen LogP contribution in [0.1, 0.15) is 106 Å². The number of β-amino-alcohol motifs (C(OH)–C–C–N with tert-alkyl or cyclic N) is 1. The average molecular weight is 957 g/mol. The molecule has 4 N–H and O–H groups in total. The van der Waals surface area contributed by atoms with Crippen molar-refractivity contribution < 1.29 is 29.0 Å². The molecule has 7 rings (SSSR count). The van der Waals surface area contributed by atoms with Crippen LogP contribution in [0.3, 0.4) is 0 Å². The lowest BCUT2D eigenvalue weighted by Gasteiger charge is -2.38. The predicted molar refractivity (Wildman–Crippen MR) is 261 cm³/mol. The molecule has 3 aliphatic rings. The molecule has 2 aliphatic heterocycles. The van der Waals surface area contributed by atoms with Crippen LogP contribution in [0.25, 0.3) is 10.4 Å². The van der Waals surface area contributed by atoms with E-state index in [1.807, 2.05) is 93.6 Å². The molecule has 2 aromatic carbocycles. The van der Waals surface area contributed by atoms with E-state index < -0.39 is 35.4 Å². The minimum Gasteiger partial charge on any atom is -0.391 e. The summed E-state index contributed by atoms with van der Waals surface area (Å²) in [7, 11) is 0. The van der Waals surface area contributed by atoms with Gasteiger partial charge in [0.15, 0.2) is 0 Å². The van der Waals surface area contributed by atoms with E-state index in [4.69, 9.17) is 16.3 Å². The van der Waals surface area contributed by atoms with Gasteiger partial charge in [-0.25, -0.2) is 15.0 Å². The molecular formula is C50H66ClN9O6S. The van der Waals surface area contributed by atoms with E-state index in [1.165, 1.54) is 10.5 Å². The summed E-state index contributed by atoms with van der Waals surface area (Å²) >= 11 is 7.80. The van der Waals surface area contributed by atoms with Crippen molar-refractivity contribution in [1.82, 2.24) is 40.7 Å². The highest BCUT2D eigenvalue weighted by Crippen LogP contribution is 2.37. The Balaban J connectivity index is 0.845. The van der Waals surface area contributed by atoms with Crippen LogP contribution < -0.4 is 20.9 Å². The maximum absolute atomic E-state index is 14.1. The quantitative estimate of drug-likeness (QED) is 0.0886. The van der Waals surface area contributed by atoms with Gasteiger partial charge < -0.3 is 40.5 Å². The van der Waals surface area contributed by atoms with Gasteiger partial charge in [-0.1, -0.05) is 75.7 Å². The monoisotopic (exact) mass is 955 g/mol. The van der Waals surface area contributed by atoms with Crippen molar-refractivity contribution in [3.63, 3.8) is 0 Å². The van der Waals surface area contributed by atoms with E-state index in [9.17, 15) is 24.3 Å². The lowest BCUT2D eigenvalue weighted by molar-refractivity contribution is -0.144. The lowest BCUT2D eigenvalue weighted by Crippen LogP contribution is -2.58. The van der Waals surface area contributed by atoms with E-state index in [0.717, 1.165) is 51.6 Å². The summed E-state index contributed by atoms with van der Waals surface area (Å²) in [5.74, 6) is -0.0157. The Morgan fingerprint density at radius 3 is 2.34 bits per heavy atom. The number of aryl methyl sites for hydroxylation is 2. The zero-order valence-electron chi connectivity index (χ0n) is 39.6. The summed E-state index contributed by atoms with van der Waals surface area (Å²) in [6.45, 7) is 15.9. The number of anilines is 1.